The van der Waals surface area contributed by atoms with Crippen LogP contribution >= 0.6 is 0 Å². The lowest BCUT2D eigenvalue weighted by Crippen LogP contribution is -2.28. The second-order valence-corrected chi connectivity index (χ2v) is 9.51. The van der Waals surface area contributed by atoms with Crippen molar-refractivity contribution in [1.29, 1.82) is 0 Å². The van der Waals surface area contributed by atoms with Crippen molar-refractivity contribution in [3.05, 3.63) is 89.5 Å². The minimum Gasteiger partial charge on any atom is -0.462 e. The molecule has 0 spiro atoms. The van der Waals surface area contributed by atoms with E-state index >= 15 is 0 Å². The molecule has 9 heteroatoms. The van der Waals surface area contributed by atoms with E-state index in [9.17, 15) is 26.7 Å². The fraction of sp³-hybridized carbons (Fsp3) is 0.310. The Morgan fingerprint density at radius 3 is 1.97 bits per heavy atom. The Bertz CT molecular complexity index is 1300. The molecule has 1 aliphatic heterocycles. The van der Waals surface area contributed by atoms with Gasteiger partial charge in [-0.1, -0.05) is 56.3 Å². The summed E-state index contributed by atoms with van der Waals surface area (Å²) in [7, 11) is 0. The standard InChI is InChI=1S/C29H26F5NO3/c1-16(2)17(3)37-28(36)22-15-25(26-23(30)5-4-6-24(26)31)35-27(22)20-9-7-18(8-10-20)19-11-13-21(14-12-19)38-29(32,33)34/h4-14,16-17,22,27H,15H2,1-3H3/t17-,22+,27?/m1/s1. The summed E-state index contributed by atoms with van der Waals surface area (Å²) in [6.07, 6.45) is -5.13. The average molecular weight is 532 g/mol. The van der Waals surface area contributed by atoms with Gasteiger partial charge in [-0.3, -0.25) is 9.79 Å². The molecular weight excluding hydrogens is 505 g/mol. The van der Waals surface area contributed by atoms with Gasteiger partial charge in [-0.15, -0.1) is 13.2 Å². The first-order chi connectivity index (χ1) is 17.9. The maximum atomic E-state index is 14.5. The average Bonchev–Trinajstić information content (AvgIpc) is 3.28. The molecule has 0 radical (unpaired) electrons. The predicted octanol–water partition coefficient (Wildman–Crippen LogP) is 7.67. The minimum atomic E-state index is -4.78. The summed E-state index contributed by atoms with van der Waals surface area (Å²) in [6.45, 7) is 5.62. The molecule has 38 heavy (non-hydrogen) atoms. The summed E-state index contributed by atoms with van der Waals surface area (Å²) < 4.78 is 75.9. The van der Waals surface area contributed by atoms with Crippen LogP contribution < -0.4 is 4.74 Å². The highest BCUT2D eigenvalue weighted by Gasteiger charge is 2.39. The van der Waals surface area contributed by atoms with Crippen LogP contribution in [0.5, 0.6) is 5.75 Å². The molecule has 1 heterocycles. The molecule has 3 aromatic rings. The zero-order valence-corrected chi connectivity index (χ0v) is 20.9. The van der Waals surface area contributed by atoms with E-state index in [4.69, 9.17) is 4.74 Å². The van der Waals surface area contributed by atoms with Crippen LogP contribution in [-0.4, -0.2) is 24.1 Å². The Balaban J connectivity index is 1.63. The highest BCUT2D eigenvalue weighted by molar-refractivity contribution is 6.04. The molecule has 0 fully saturated rings. The molecule has 0 aliphatic carbocycles. The van der Waals surface area contributed by atoms with E-state index in [-0.39, 0.29) is 35.5 Å². The fourth-order valence-electron chi connectivity index (χ4n) is 4.22. The van der Waals surface area contributed by atoms with E-state index in [0.717, 1.165) is 12.1 Å². The molecule has 0 saturated carbocycles. The van der Waals surface area contributed by atoms with E-state index in [1.54, 1.807) is 31.2 Å². The Hall–Kier alpha value is -3.75. The second kappa shape index (κ2) is 10.9. The number of halogens is 5. The lowest BCUT2D eigenvalue weighted by molar-refractivity contribution is -0.274. The van der Waals surface area contributed by atoms with Gasteiger partial charge in [-0.2, -0.15) is 0 Å². The third-order valence-electron chi connectivity index (χ3n) is 6.56. The first-order valence-corrected chi connectivity index (χ1v) is 12.1. The summed E-state index contributed by atoms with van der Waals surface area (Å²) in [5, 5.41) is 0. The molecule has 0 saturated heterocycles. The monoisotopic (exact) mass is 531 g/mol. The van der Waals surface area contributed by atoms with E-state index in [1.807, 2.05) is 13.8 Å². The lowest BCUT2D eigenvalue weighted by atomic mass is 9.90. The molecule has 0 aromatic heterocycles. The van der Waals surface area contributed by atoms with Gasteiger partial charge in [0.1, 0.15) is 23.5 Å². The van der Waals surface area contributed by atoms with Crippen LogP contribution in [0.4, 0.5) is 22.0 Å². The van der Waals surface area contributed by atoms with Crippen molar-refractivity contribution in [3.63, 3.8) is 0 Å². The maximum Gasteiger partial charge on any atom is 0.573 e. The normalized spacial score (nSPS) is 18.3. The molecule has 200 valence electrons. The molecule has 3 atom stereocenters. The summed E-state index contributed by atoms with van der Waals surface area (Å²) in [4.78, 5) is 17.7. The zero-order chi connectivity index (χ0) is 27.6. The highest BCUT2D eigenvalue weighted by Crippen LogP contribution is 2.39. The number of nitrogens with zero attached hydrogens (tertiary/aromatic N) is 1. The van der Waals surface area contributed by atoms with Crippen LogP contribution in [0, 0.1) is 23.5 Å². The number of esters is 1. The SMILES string of the molecule is CC(C)[C@@H](C)OC(=O)[C@H]1CC(c2c(F)cccc2F)=NC1c1ccc(-c2ccc(OC(F)(F)F)cc2)cc1. The van der Waals surface area contributed by atoms with Crippen LogP contribution in [0.2, 0.25) is 0 Å². The van der Waals surface area contributed by atoms with Gasteiger partial charge in [0.2, 0.25) is 0 Å². The highest BCUT2D eigenvalue weighted by atomic mass is 19.4. The summed E-state index contributed by atoms with van der Waals surface area (Å²) in [5.41, 5.74) is 1.88. The fourth-order valence-corrected chi connectivity index (χ4v) is 4.22. The number of hydrogen-bond acceptors (Lipinski definition) is 4. The first kappa shape index (κ1) is 27.3. The summed E-state index contributed by atoms with van der Waals surface area (Å²) in [5.74, 6) is -3.06. The largest absolute Gasteiger partial charge is 0.573 e. The quantitative estimate of drug-likeness (QED) is 0.232. The summed E-state index contributed by atoms with van der Waals surface area (Å²) in [6, 6.07) is 15.2. The van der Waals surface area contributed by atoms with Crippen molar-refractivity contribution in [2.75, 3.05) is 0 Å². The van der Waals surface area contributed by atoms with E-state index in [2.05, 4.69) is 9.73 Å². The number of aliphatic imine (C=N–C) groups is 1. The van der Waals surface area contributed by atoms with Crippen molar-refractivity contribution in [3.8, 4) is 16.9 Å². The molecule has 1 aliphatic rings. The Morgan fingerprint density at radius 1 is 0.895 bits per heavy atom. The predicted molar refractivity (Wildman–Crippen MR) is 133 cm³/mol. The molecule has 4 nitrogen and oxygen atoms in total. The number of carbonyl (C=O) groups is 1. The maximum absolute atomic E-state index is 14.5. The summed E-state index contributed by atoms with van der Waals surface area (Å²) >= 11 is 0. The molecule has 1 unspecified atom stereocenters. The lowest BCUT2D eigenvalue weighted by Gasteiger charge is -2.22. The van der Waals surface area contributed by atoms with Gasteiger partial charge in [0.25, 0.3) is 0 Å². The minimum absolute atomic E-state index is 0.00852. The van der Waals surface area contributed by atoms with Crippen molar-refractivity contribution in [2.24, 2.45) is 16.8 Å². The van der Waals surface area contributed by atoms with Crippen LogP contribution in [-0.2, 0) is 9.53 Å². The first-order valence-electron chi connectivity index (χ1n) is 12.1. The van der Waals surface area contributed by atoms with Crippen LogP contribution in [0.15, 0.2) is 71.7 Å². The van der Waals surface area contributed by atoms with Crippen LogP contribution in [0.25, 0.3) is 11.1 Å². The zero-order valence-electron chi connectivity index (χ0n) is 20.9. The van der Waals surface area contributed by atoms with Crippen molar-refractivity contribution < 1.29 is 36.2 Å². The Kier molecular flexibility index (Phi) is 7.85. The Morgan fingerprint density at radius 2 is 1.45 bits per heavy atom. The molecule has 0 amide bonds. The molecule has 0 bridgehead atoms. The number of rotatable bonds is 7. The van der Waals surface area contributed by atoms with Gasteiger partial charge >= 0.3 is 12.3 Å². The van der Waals surface area contributed by atoms with Crippen LogP contribution in [0.1, 0.15) is 44.4 Å². The van der Waals surface area contributed by atoms with Crippen molar-refractivity contribution in [1.82, 2.24) is 0 Å². The third-order valence-corrected chi connectivity index (χ3v) is 6.56. The van der Waals surface area contributed by atoms with Gasteiger partial charge in [0, 0.05) is 12.1 Å². The molecular formula is C29H26F5NO3. The van der Waals surface area contributed by atoms with Gasteiger partial charge < -0.3 is 9.47 Å². The van der Waals surface area contributed by atoms with Gasteiger partial charge in [-0.05, 0) is 53.8 Å². The number of benzene rings is 3. The van der Waals surface area contributed by atoms with Gasteiger partial charge in [-0.25, -0.2) is 8.78 Å². The van der Waals surface area contributed by atoms with E-state index < -0.39 is 35.9 Å². The van der Waals surface area contributed by atoms with Crippen molar-refractivity contribution in [2.45, 2.75) is 45.7 Å². The van der Waals surface area contributed by atoms with Crippen molar-refractivity contribution >= 4 is 11.7 Å². The smallest absolute Gasteiger partial charge is 0.462 e. The number of hydrogen-bond donors (Lipinski definition) is 0. The van der Waals surface area contributed by atoms with Gasteiger partial charge in [0.05, 0.1) is 17.5 Å². The van der Waals surface area contributed by atoms with E-state index in [1.165, 1.54) is 30.3 Å². The third kappa shape index (κ3) is 6.20. The number of carbonyl (C=O) groups excluding carboxylic acids is 1. The molecule has 4 rings (SSSR count). The second-order valence-electron chi connectivity index (χ2n) is 9.51. The number of ether oxygens (including phenoxy) is 2. The van der Waals surface area contributed by atoms with Gasteiger partial charge in [0.15, 0.2) is 0 Å². The van der Waals surface area contributed by atoms with E-state index in [0.29, 0.717) is 16.7 Å². The van der Waals surface area contributed by atoms with Crippen LogP contribution in [0.3, 0.4) is 0 Å². The molecule has 3 aromatic carbocycles. The Labute approximate surface area is 217 Å². The topological polar surface area (TPSA) is 47.9 Å². The molecule has 0 N–H and O–H groups in total. The number of alkyl halides is 3.